The molecule has 0 bridgehead atoms. The van der Waals surface area contributed by atoms with Gasteiger partial charge < -0.3 is 0 Å². The second kappa shape index (κ2) is 6.00. The maximum Gasteiger partial charge on any atom is 0.199 e. The largest absolute Gasteiger partial charge is 0.242 e. The molecule has 2 aromatic rings. The van der Waals surface area contributed by atoms with E-state index >= 15 is 0 Å². The Bertz CT molecular complexity index is 750. The number of hydrogen-bond acceptors (Lipinski definition) is 5. The molecule has 0 aliphatic rings. The molecule has 0 saturated carbocycles. The van der Waals surface area contributed by atoms with Crippen LogP contribution in [0.25, 0.3) is 0 Å². The summed E-state index contributed by atoms with van der Waals surface area (Å²) in [6, 6.07) is 8.13. The monoisotopic (exact) mass is 308 g/mol. The lowest BCUT2D eigenvalue weighted by Gasteiger charge is -2.04. The van der Waals surface area contributed by atoms with Crippen molar-refractivity contribution in [2.75, 3.05) is 0 Å². The van der Waals surface area contributed by atoms with Gasteiger partial charge in [-0.05, 0) is 42.0 Å². The fourth-order valence-corrected chi connectivity index (χ4v) is 2.92. The van der Waals surface area contributed by atoms with Crippen molar-refractivity contribution in [3.05, 3.63) is 54.0 Å². The zero-order valence-corrected chi connectivity index (χ0v) is 11.8. The summed E-state index contributed by atoms with van der Waals surface area (Å²) in [4.78, 5) is 7.53. The molecule has 0 aliphatic heterocycles. The molecule has 1 aromatic carbocycles. The Morgan fingerprint density at radius 3 is 2.45 bits per heavy atom. The van der Waals surface area contributed by atoms with Gasteiger partial charge >= 0.3 is 0 Å². The van der Waals surface area contributed by atoms with Crippen molar-refractivity contribution in [1.82, 2.24) is 4.98 Å². The number of halogens is 1. The van der Waals surface area contributed by atoms with Crippen LogP contribution in [-0.4, -0.2) is 18.6 Å². The van der Waals surface area contributed by atoms with E-state index in [0.29, 0.717) is 11.3 Å². The second-order valence-corrected chi connectivity index (χ2v) is 6.06. The van der Waals surface area contributed by atoms with Gasteiger partial charge in [0.15, 0.2) is 14.9 Å². The number of pyridine rings is 1. The van der Waals surface area contributed by atoms with Crippen LogP contribution in [0, 0.1) is 5.82 Å². The molecule has 0 atom stereocenters. The molecule has 0 amide bonds. The number of aliphatic imine (C=N–C) groups is 1. The van der Waals surface area contributed by atoms with Gasteiger partial charge in [0, 0.05) is 0 Å². The summed E-state index contributed by atoms with van der Waals surface area (Å²) in [5.74, 6) is -0.651. The molecule has 20 heavy (non-hydrogen) atoms. The summed E-state index contributed by atoms with van der Waals surface area (Å²) in [6.45, 7) is 0. The molecule has 1 heterocycles. The highest BCUT2D eigenvalue weighted by Crippen LogP contribution is 2.17. The van der Waals surface area contributed by atoms with Gasteiger partial charge in [0.25, 0.3) is 0 Å². The molecule has 1 aromatic heterocycles. The molecule has 2 rings (SSSR count). The van der Waals surface area contributed by atoms with Gasteiger partial charge in [-0.2, -0.15) is 4.99 Å². The highest BCUT2D eigenvalue weighted by atomic mass is 32.2. The molecule has 102 valence electrons. The number of benzene rings is 1. The average Bonchev–Trinajstić information content (AvgIpc) is 2.42. The van der Waals surface area contributed by atoms with Crippen LogP contribution < -0.4 is 0 Å². The number of sulfone groups is 1. The van der Waals surface area contributed by atoms with Crippen LogP contribution in [0.5, 0.6) is 0 Å². The Balaban J connectivity index is 2.25. The zero-order valence-electron chi connectivity index (χ0n) is 10.2. The molecular formula is C13H9FN2O2S2. The lowest BCUT2D eigenvalue weighted by molar-refractivity contribution is 0.591. The molecule has 0 aliphatic carbocycles. The van der Waals surface area contributed by atoms with Gasteiger partial charge in [0.2, 0.25) is 0 Å². The van der Waals surface area contributed by atoms with Gasteiger partial charge in [-0.15, -0.1) is 0 Å². The topological polar surface area (TPSA) is 59.4 Å². The molecule has 0 N–H and O–H groups in total. The lowest BCUT2D eigenvalue weighted by Crippen LogP contribution is -2.06. The molecule has 4 nitrogen and oxygen atoms in total. The van der Waals surface area contributed by atoms with Gasteiger partial charge in [0.05, 0.1) is 22.8 Å². The van der Waals surface area contributed by atoms with Crippen LogP contribution in [0.2, 0.25) is 0 Å². The predicted octanol–water partition coefficient (Wildman–Crippen LogP) is 2.93. The van der Waals surface area contributed by atoms with E-state index in [1.165, 1.54) is 42.6 Å². The molecule has 0 radical (unpaired) electrons. The fraction of sp³-hybridized carbons (Fsp3) is 0.0769. The first-order valence-corrected chi connectivity index (χ1v) is 7.58. The number of rotatable bonds is 4. The summed E-state index contributed by atoms with van der Waals surface area (Å²) >= 11 is 4.44. The maximum atomic E-state index is 12.8. The molecule has 0 saturated heterocycles. The number of aromatic nitrogens is 1. The minimum absolute atomic E-state index is 0.0647. The van der Waals surface area contributed by atoms with Gasteiger partial charge in [-0.25, -0.2) is 17.8 Å². The smallest absolute Gasteiger partial charge is 0.199 e. The van der Waals surface area contributed by atoms with E-state index in [1.807, 2.05) is 0 Å². The highest BCUT2D eigenvalue weighted by Gasteiger charge is 2.16. The maximum absolute atomic E-state index is 12.8. The number of nitrogens with zero attached hydrogens (tertiary/aromatic N) is 2. The lowest BCUT2D eigenvalue weighted by atomic mass is 10.2. The molecule has 7 heteroatoms. The van der Waals surface area contributed by atoms with Crippen molar-refractivity contribution in [2.24, 2.45) is 4.99 Å². The van der Waals surface area contributed by atoms with Crippen molar-refractivity contribution < 1.29 is 12.8 Å². The van der Waals surface area contributed by atoms with E-state index in [-0.39, 0.29) is 10.8 Å². The van der Waals surface area contributed by atoms with Gasteiger partial charge in [-0.1, -0.05) is 12.1 Å². The van der Waals surface area contributed by atoms with Crippen molar-refractivity contribution in [3.63, 3.8) is 0 Å². The Kier molecular flexibility index (Phi) is 4.34. The van der Waals surface area contributed by atoms with Crippen LogP contribution in [0.3, 0.4) is 0 Å². The first kappa shape index (κ1) is 14.5. The average molecular weight is 308 g/mol. The van der Waals surface area contributed by atoms with Crippen molar-refractivity contribution in [2.45, 2.75) is 10.8 Å². The van der Waals surface area contributed by atoms with Gasteiger partial charge in [-0.3, -0.25) is 0 Å². The SMILES string of the molecule is O=S(=O)(Cc1ccc(F)cc1)c1ccc(N=C=S)cn1. The van der Waals surface area contributed by atoms with E-state index in [9.17, 15) is 12.8 Å². The second-order valence-electron chi connectivity index (χ2n) is 3.94. The molecule has 0 unspecified atom stereocenters. The number of thiocarbonyl (C=S) groups is 1. The van der Waals surface area contributed by atoms with E-state index in [2.05, 4.69) is 27.4 Å². The minimum atomic E-state index is -3.58. The Labute approximate surface area is 120 Å². The molecular weight excluding hydrogens is 299 g/mol. The summed E-state index contributed by atoms with van der Waals surface area (Å²) < 4.78 is 37.0. The predicted molar refractivity (Wildman–Crippen MR) is 76.2 cm³/mol. The Morgan fingerprint density at radius 2 is 1.90 bits per heavy atom. The summed E-state index contributed by atoms with van der Waals surface area (Å²) in [5.41, 5.74) is 0.926. The van der Waals surface area contributed by atoms with Crippen LogP contribution >= 0.6 is 12.2 Å². The summed E-state index contributed by atoms with van der Waals surface area (Å²) in [5, 5.41) is 2.11. The first-order chi connectivity index (χ1) is 9.51. The van der Waals surface area contributed by atoms with Crippen molar-refractivity contribution >= 4 is 32.9 Å². The number of isothiocyanates is 1. The van der Waals surface area contributed by atoms with Crippen LogP contribution in [0.4, 0.5) is 10.1 Å². The third-order valence-corrected chi connectivity index (χ3v) is 4.17. The van der Waals surface area contributed by atoms with Crippen LogP contribution in [0.15, 0.2) is 52.6 Å². The first-order valence-electron chi connectivity index (χ1n) is 5.52. The quantitative estimate of drug-likeness (QED) is 0.643. The Morgan fingerprint density at radius 1 is 1.20 bits per heavy atom. The zero-order chi connectivity index (χ0) is 14.6. The fourth-order valence-electron chi connectivity index (χ4n) is 1.55. The van der Waals surface area contributed by atoms with E-state index in [0.717, 1.165) is 0 Å². The van der Waals surface area contributed by atoms with Crippen LogP contribution in [-0.2, 0) is 15.6 Å². The van der Waals surface area contributed by atoms with Crippen LogP contribution in [0.1, 0.15) is 5.56 Å². The van der Waals surface area contributed by atoms with Crippen molar-refractivity contribution in [1.29, 1.82) is 0 Å². The standard InChI is InChI=1S/C13H9FN2O2S2/c14-11-3-1-10(2-4-11)8-20(17,18)13-6-5-12(7-15-13)16-9-19/h1-7H,8H2. The molecule has 0 spiro atoms. The summed E-state index contributed by atoms with van der Waals surface area (Å²) in [6.07, 6.45) is 1.30. The van der Waals surface area contributed by atoms with E-state index in [1.54, 1.807) is 0 Å². The van der Waals surface area contributed by atoms with E-state index < -0.39 is 15.7 Å². The highest BCUT2D eigenvalue weighted by molar-refractivity contribution is 7.90. The third kappa shape index (κ3) is 3.54. The third-order valence-electron chi connectivity index (χ3n) is 2.48. The summed E-state index contributed by atoms with van der Waals surface area (Å²) in [7, 11) is -3.58. The minimum Gasteiger partial charge on any atom is -0.242 e. The Hall–Kier alpha value is -1.95. The van der Waals surface area contributed by atoms with Gasteiger partial charge in [0.1, 0.15) is 5.82 Å². The number of hydrogen-bond donors (Lipinski definition) is 0. The van der Waals surface area contributed by atoms with E-state index in [4.69, 9.17) is 0 Å². The normalized spacial score (nSPS) is 10.8. The molecule has 0 fully saturated rings. The van der Waals surface area contributed by atoms with Crippen molar-refractivity contribution in [3.8, 4) is 0 Å².